The van der Waals surface area contributed by atoms with E-state index in [1.807, 2.05) is 0 Å². The first-order chi connectivity index (χ1) is 8.85. The van der Waals surface area contributed by atoms with Crippen molar-refractivity contribution in [3.63, 3.8) is 0 Å². The van der Waals surface area contributed by atoms with Gasteiger partial charge < -0.3 is 9.47 Å². The molecule has 1 aromatic carbocycles. The van der Waals surface area contributed by atoms with Gasteiger partial charge in [-0.25, -0.2) is 0 Å². The molecular weight excluding hydrogens is 224 g/mol. The second-order valence-corrected chi connectivity index (χ2v) is 5.04. The predicted octanol–water partition coefficient (Wildman–Crippen LogP) is 3.78. The van der Waals surface area contributed by atoms with Gasteiger partial charge in [0.05, 0.1) is 14.2 Å². The molecule has 0 saturated heterocycles. The van der Waals surface area contributed by atoms with Crippen LogP contribution in [0.3, 0.4) is 0 Å². The lowest BCUT2D eigenvalue weighted by molar-refractivity contribution is 0.353. The quantitative estimate of drug-likeness (QED) is 0.787. The lowest BCUT2D eigenvalue weighted by Gasteiger charge is -2.16. The summed E-state index contributed by atoms with van der Waals surface area (Å²) >= 11 is 0. The van der Waals surface area contributed by atoms with E-state index in [0.29, 0.717) is 0 Å². The van der Waals surface area contributed by atoms with Crippen molar-refractivity contribution in [3.8, 4) is 11.5 Å². The van der Waals surface area contributed by atoms with Crippen molar-refractivity contribution in [1.82, 2.24) is 0 Å². The monoisotopic (exact) mass is 243 g/mol. The zero-order valence-corrected chi connectivity index (χ0v) is 11.1. The van der Waals surface area contributed by atoms with E-state index in [-0.39, 0.29) is 0 Å². The first kappa shape index (κ1) is 11.6. The molecule has 3 rings (SSSR count). The molecule has 2 aliphatic carbocycles. The van der Waals surface area contributed by atoms with Crippen molar-refractivity contribution in [2.24, 2.45) is 0 Å². The Morgan fingerprint density at radius 1 is 1.00 bits per heavy atom. The van der Waals surface area contributed by atoms with Gasteiger partial charge in [0.25, 0.3) is 0 Å². The van der Waals surface area contributed by atoms with Gasteiger partial charge in [0, 0.05) is 11.6 Å². The Morgan fingerprint density at radius 2 is 1.78 bits per heavy atom. The number of methoxy groups -OCH3 is 2. The smallest absolute Gasteiger partial charge is 0.169 e. The van der Waals surface area contributed by atoms with E-state index in [1.54, 1.807) is 19.8 Å². The minimum absolute atomic E-state index is 0.733. The number of allylic oxidation sites excluding steroid dienone is 2. The van der Waals surface area contributed by atoms with Crippen molar-refractivity contribution in [3.05, 3.63) is 28.8 Å². The normalized spacial score (nSPS) is 18.1. The van der Waals surface area contributed by atoms with E-state index in [4.69, 9.17) is 9.47 Å². The Balaban J connectivity index is 2.23. The molecule has 0 atom stereocenters. The highest BCUT2D eigenvalue weighted by atomic mass is 16.5. The fourth-order valence-corrected chi connectivity index (χ4v) is 3.30. The second kappa shape index (κ2) is 4.68. The predicted molar refractivity (Wildman–Crippen MR) is 72.1 cm³/mol. The van der Waals surface area contributed by atoms with Gasteiger partial charge in [0.1, 0.15) is 0 Å². The topological polar surface area (TPSA) is 18.5 Å². The first-order valence-corrected chi connectivity index (χ1v) is 6.72. The summed E-state index contributed by atoms with van der Waals surface area (Å²) in [5.74, 6) is 1.61. The van der Waals surface area contributed by atoms with Crippen LogP contribution in [0.15, 0.2) is 11.6 Å². The molecule has 18 heavy (non-hydrogen) atoms. The van der Waals surface area contributed by atoms with Crippen molar-refractivity contribution in [2.75, 3.05) is 14.2 Å². The van der Waals surface area contributed by atoms with Gasteiger partial charge in [-0.15, -0.1) is 0 Å². The Morgan fingerprint density at radius 3 is 2.50 bits per heavy atom. The van der Waals surface area contributed by atoms with Crippen LogP contribution in [-0.2, 0) is 6.42 Å². The van der Waals surface area contributed by atoms with E-state index in [1.165, 1.54) is 48.8 Å². The standard InChI is InChI=1S/C16H19O2/c1-17-14-10-9-12-7-3-5-11-6-4-8-13(11)15(12)16(14)18-2/h9H,3-8H2,1-2H3. The number of hydrogen-bond acceptors (Lipinski definition) is 2. The van der Waals surface area contributed by atoms with E-state index >= 15 is 0 Å². The molecule has 0 heterocycles. The Kier molecular flexibility index (Phi) is 3.02. The summed E-state index contributed by atoms with van der Waals surface area (Å²) in [5, 5.41) is 0. The third kappa shape index (κ3) is 1.71. The fraction of sp³-hybridized carbons (Fsp3) is 0.500. The average Bonchev–Trinajstić information content (AvgIpc) is 2.79. The van der Waals surface area contributed by atoms with Crippen LogP contribution in [0.4, 0.5) is 0 Å². The van der Waals surface area contributed by atoms with Gasteiger partial charge in [-0.05, 0) is 55.7 Å². The number of aryl methyl sites for hydroxylation is 1. The third-order valence-electron chi connectivity index (χ3n) is 4.10. The molecule has 0 bridgehead atoms. The number of benzene rings is 1. The lowest BCUT2D eigenvalue weighted by atomic mass is 9.96. The van der Waals surface area contributed by atoms with Gasteiger partial charge in [0.15, 0.2) is 11.5 Å². The summed E-state index contributed by atoms with van der Waals surface area (Å²) in [7, 11) is 3.41. The summed E-state index contributed by atoms with van der Waals surface area (Å²) in [6, 6.07) is 5.29. The van der Waals surface area contributed by atoms with Crippen LogP contribution in [0.5, 0.6) is 11.5 Å². The van der Waals surface area contributed by atoms with Gasteiger partial charge in [-0.3, -0.25) is 0 Å². The molecule has 0 amide bonds. The lowest BCUT2D eigenvalue weighted by Crippen LogP contribution is -1.99. The van der Waals surface area contributed by atoms with Crippen LogP contribution < -0.4 is 9.47 Å². The molecule has 0 fully saturated rings. The van der Waals surface area contributed by atoms with E-state index < -0.39 is 0 Å². The van der Waals surface area contributed by atoms with Gasteiger partial charge in [-0.2, -0.15) is 0 Å². The molecule has 2 heteroatoms. The van der Waals surface area contributed by atoms with Gasteiger partial charge in [-0.1, -0.05) is 5.57 Å². The number of rotatable bonds is 2. The zero-order valence-electron chi connectivity index (χ0n) is 11.1. The van der Waals surface area contributed by atoms with Crippen molar-refractivity contribution in [1.29, 1.82) is 0 Å². The van der Waals surface area contributed by atoms with Gasteiger partial charge >= 0.3 is 0 Å². The van der Waals surface area contributed by atoms with Gasteiger partial charge in [0.2, 0.25) is 0 Å². The molecule has 0 saturated carbocycles. The maximum absolute atomic E-state index is 5.61. The van der Waals surface area contributed by atoms with Crippen LogP contribution in [0.2, 0.25) is 0 Å². The van der Waals surface area contributed by atoms with Crippen LogP contribution in [0, 0.1) is 6.07 Å². The van der Waals surface area contributed by atoms with Crippen LogP contribution in [-0.4, -0.2) is 14.2 Å². The second-order valence-electron chi connectivity index (χ2n) is 5.04. The summed E-state index contributed by atoms with van der Waals surface area (Å²) in [6.07, 6.45) is 7.35. The highest BCUT2D eigenvalue weighted by Crippen LogP contribution is 2.46. The Hall–Kier alpha value is -1.44. The zero-order chi connectivity index (χ0) is 12.5. The van der Waals surface area contributed by atoms with E-state index in [0.717, 1.165) is 17.9 Å². The molecule has 0 unspecified atom stereocenters. The number of fused-ring (bicyclic) bond motifs is 2. The Labute approximate surface area is 109 Å². The fourth-order valence-electron chi connectivity index (χ4n) is 3.30. The molecular formula is C16H19O2. The molecule has 1 radical (unpaired) electrons. The van der Waals surface area contributed by atoms with Crippen LogP contribution in [0.25, 0.3) is 5.57 Å². The van der Waals surface area contributed by atoms with Crippen molar-refractivity contribution >= 4 is 5.57 Å². The largest absolute Gasteiger partial charge is 0.492 e. The molecule has 0 aliphatic heterocycles. The minimum atomic E-state index is 0.733. The van der Waals surface area contributed by atoms with Crippen LogP contribution >= 0.6 is 0 Å². The SMILES string of the molecule is COc1[c]cc2c(c1OC)C1=C(CCC1)CCC2. The Bertz CT molecular complexity index is 500. The van der Waals surface area contributed by atoms with Crippen LogP contribution in [0.1, 0.15) is 43.2 Å². The summed E-state index contributed by atoms with van der Waals surface area (Å²) in [4.78, 5) is 0. The molecule has 2 nitrogen and oxygen atoms in total. The third-order valence-corrected chi connectivity index (χ3v) is 4.10. The summed E-state index contributed by atoms with van der Waals surface area (Å²) in [5.41, 5.74) is 5.84. The summed E-state index contributed by atoms with van der Waals surface area (Å²) in [6.45, 7) is 0. The molecule has 2 aliphatic rings. The average molecular weight is 243 g/mol. The maximum atomic E-state index is 5.61. The molecule has 0 spiro atoms. The minimum Gasteiger partial charge on any atom is -0.492 e. The highest BCUT2D eigenvalue weighted by Gasteiger charge is 2.26. The maximum Gasteiger partial charge on any atom is 0.169 e. The molecule has 95 valence electrons. The number of hydrogen-bond donors (Lipinski definition) is 0. The highest BCUT2D eigenvalue weighted by molar-refractivity contribution is 5.79. The van der Waals surface area contributed by atoms with E-state index in [2.05, 4.69) is 12.1 Å². The molecule has 0 aromatic heterocycles. The molecule has 0 N–H and O–H groups in total. The van der Waals surface area contributed by atoms with Crippen molar-refractivity contribution in [2.45, 2.75) is 38.5 Å². The first-order valence-electron chi connectivity index (χ1n) is 6.72. The van der Waals surface area contributed by atoms with Crippen molar-refractivity contribution < 1.29 is 9.47 Å². The molecule has 1 aromatic rings. The number of ether oxygens (including phenoxy) is 2. The van der Waals surface area contributed by atoms with E-state index in [9.17, 15) is 0 Å². The summed E-state index contributed by atoms with van der Waals surface area (Å²) < 4.78 is 11.0.